The second-order valence-electron chi connectivity index (χ2n) is 11.8. The summed E-state index contributed by atoms with van der Waals surface area (Å²) < 4.78 is 52.0. The van der Waals surface area contributed by atoms with Crippen molar-refractivity contribution < 1.29 is 22.3 Å². The van der Waals surface area contributed by atoms with E-state index in [4.69, 9.17) is 21.1 Å². The quantitative estimate of drug-likeness (QED) is 0.133. The van der Waals surface area contributed by atoms with E-state index in [2.05, 4.69) is 27.1 Å². The Morgan fingerprint density at radius 3 is 2.60 bits per heavy atom. The molecule has 1 aromatic heterocycles. The van der Waals surface area contributed by atoms with Crippen LogP contribution < -0.4 is 10.1 Å². The van der Waals surface area contributed by atoms with Gasteiger partial charge in [-0.2, -0.15) is 0 Å². The van der Waals surface area contributed by atoms with E-state index >= 15 is 0 Å². The van der Waals surface area contributed by atoms with E-state index in [1.165, 1.54) is 18.5 Å². The van der Waals surface area contributed by atoms with E-state index in [1.807, 2.05) is 37.4 Å². The van der Waals surface area contributed by atoms with Gasteiger partial charge in [-0.3, -0.25) is 4.90 Å². The van der Waals surface area contributed by atoms with E-state index in [1.54, 1.807) is 60.9 Å². The second kappa shape index (κ2) is 14.3. The summed E-state index contributed by atoms with van der Waals surface area (Å²) in [5, 5.41) is 4.55. The summed E-state index contributed by atoms with van der Waals surface area (Å²) in [6.07, 6.45) is 6.58. The van der Waals surface area contributed by atoms with Crippen LogP contribution in [0.15, 0.2) is 115 Å². The van der Waals surface area contributed by atoms with Crippen molar-refractivity contribution in [1.29, 1.82) is 0 Å². The average Bonchev–Trinajstić information content (AvgIpc) is 3.58. The number of halogens is 2. The van der Waals surface area contributed by atoms with Gasteiger partial charge in [-0.1, -0.05) is 54.9 Å². The Hall–Kier alpha value is -4.51. The molecule has 2 unspecified atom stereocenters. The maximum atomic E-state index is 13.6. The molecular formula is C37H36ClFN4O4S. The second-order valence-corrected chi connectivity index (χ2v) is 14.3. The molecular weight excluding hydrogens is 651 g/mol. The molecule has 5 aromatic rings. The first kappa shape index (κ1) is 33.4. The number of likely N-dealkylation sites (N-methyl/N-ethyl adjacent to an activating group) is 1. The molecule has 0 bridgehead atoms. The molecule has 1 aliphatic heterocycles. The molecule has 4 aromatic carbocycles. The molecule has 248 valence electrons. The third kappa shape index (κ3) is 7.16. The van der Waals surface area contributed by atoms with Crippen molar-refractivity contribution in [2.24, 2.45) is 0 Å². The van der Waals surface area contributed by atoms with Crippen LogP contribution in [0.5, 0.6) is 5.75 Å². The highest BCUT2D eigenvalue weighted by atomic mass is 35.5. The zero-order valence-corrected chi connectivity index (χ0v) is 28.2. The topological polar surface area (TPSA) is 93.7 Å². The van der Waals surface area contributed by atoms with E-state index in [0.29, 0.717) is 45.7 Å². The number of hydrogen-bond acceptors (Lipinski definition) is 8. The van der Waals surface area contributed by atoms with Gasteiger partial charge >= 0.3 is 0 Å². The van der Waals surface area contributed by atoms with Gasteiger partial charge in [0.15, 0.2) is 15.4 Å². The Morgan fingerprint density at radius 1 is 1.04 bits per heavy atom. The summed E-state index contributed by atoms with van der Waals surface area (Å²) in [5.41, 5.74) is 2.33. The maximum Gasteiger partial charge on any atom is 0.179 e. The summed E-state index contributed by atoms with van der Waals surface area (Å²) in [5.74, 6) is 0.725. The third-order valence-corrected chi connectivity index (χ3v) is 10.7. The van der Waals surface area contributed by atoms with Gasteiger partial charge in [0.2, 0.25) is 0 Å². The minimum atomic E-state index is -3.45. The Labute approximate surface area is 285 Å². The molecule has 0 amide bonds. The summed E-state index contributed by atoms with van der Waals surface area (Å²) >= 11 is 6.57. The smallest absolute Gasteiger partial charge is 0.179 e. The minimum absolute atomic E-state index is 0.00958. The van der Waals surface area contributed by atoms with Crippen LogP contribution in [0.2, 0.25) is 5.02 Å². The molecule has 0 aliphatic carbocycles. The van der Waals surface area contributed by atoms with Crippen LogP contribution in [0, 0.1) is 5.82 Å². The van der Waals surface area contributed by atoms with Crippen LogP contribution in [0.25, 0.3) is 10.9 Å². The molecule has 0 saturated carbocycles. The molecule has 0 fully saturated rings. The van der Waals surface area contributed by atoms with Gasteiger partial charge in [0.1, 0.15) is 30.3 Å². The van der Waals surface area contributed by atoms with Crippen LogP contribution in [0.4, 0.5) is 15.9 Å². The van der Waals surface area contributed by atoms with Crippen LogP contribution in [-0.4, -0.2) is 48.7 Å². The summed E-state index contributed by atoms with van der Waals surface area (Å²) in [6, 6.07) is 26.0. The Bertz CT molecular complexity index is 2040. The first-order chi connectivity index (χ1) is 23.2. The number of benzene rings is 4. The number of rotatable bonds is 13. The highest BCUT2D eigenvalue weighted by Gasteiger charge is 2.45. The number of fused-ring (bicyclic) bond motifs is 1. The molecule has 6 rings (SSSR count). The Morgan fingerprint density at radius 2 is 1.88 bits per heavy atom. The number of hydrogen-bond donors (Lipinski definition) is 1. The standard InChI is InChI=1S/C37H36ClFN4O4S/c1-3-35(43(2)18-20-48(44,45)30-11-5-4-6-12-30)37(17-8-19-47-37)27-13-15-33-31(22-27)36(41-25-40-33)42-29-14-16-34(32(38)23-29)46-24-26-9-7-10-28(39)21-26/h4-16,19,21-23,25,35H,3,17-18,20,24H2,1-2H3,(H,40,41,42). The van der Waals surface area contributed by atoms with Gasteiger partial charge in [-0.05, 0) is 85.3 Å². The predicted molar refractivity (Wildman–Crippen MR) is 187 cm³/mol. The van der Waals surface area contributed by atoms with Crippen LogP contribution in [0.3, 0.4) is 0 Å². The van der Waals surface area contributed by atoms with Crippen molar-refractivity contribution in [1.82, 2.24) is 14.9 Å². The average molecular weight is 687 g/mol. The summed E-state index contributed by atoms with van der Waals surface area (Å²) in [6.45, 7) is 2.61. The fourth-order valence-corrected chi connectivity index (χ4v) is 7.81. The fourth-order valence-electron chi connectivity index (χ4n) is 6.24. The summed E-state index contributed by atoms with van der Waals surface area (Å²) in [4.78, 5) is 11.4. The zero-order valence-electron chi connectivity index (χ0n) is 26.6. The third-order valence-electron chi connectivity index (χ3n) is 8.67. The SMILES string of the molecule is CCC(N(C)CCS(=O)(=O)c1ccccc1)C1(c2ccc3ncnc(Nc4ccc(OCc5cccc(F)c5)c(Cl)c4)c3c2)CC=CO1. The minimum Gasteiger partial charge on any atom is -0.489 e. The lowest BCUT2D eigenvalue weighted by atomic mass is 9.81. The van der Waals surface area contributed by atoms with Crippen molar-refractivity contribution >= 4 is 43.8 Å². The van der Waals surface area contributed by atoms with Crippen molar-refractivity contribution in [3.63, 3.8) is 0 Å². The number of ether oxygens (including phenoxy) is 2. The molecule has 2 atom stereocenters. The van der Waals surface area contributed by atoms with Crippen molar-refractivity contribution in [2.75, 3.05) is 24.7 Å². The molecule has 0 spiro atoms. The molecule has 11 heteroatoms. The van der Waals surface area contributed by atoms with Gasteiger partial charge in [0.25, 0.3) is 0 Å². The monoisotopic (exact) mass is 686 g/mol. The van der Waals surface area contributed by atoms with Gasteiger partial charge < -0.3 is 14.8 Å². The Kier molecular flexibility index (Phi) is 9.96. The zero-order chi connectivity index (χ0) is 33.7. The maximum absolute atomic E-state index is 13.6. The highest BCUT2D eigenvalue weighted by Crippen LogP contribution is 2.43. The number of nitrogens with zero attached hydrogens (tertiary/aromatic N) is 3. The molecule has 2 heterocycles. The van der Waals surface area contributed by atoms with Gasteiger partial charge in [-0.15, -0.1) is 0 Å². The number of nitrogens with one attached hydrogen (secondary N) is 1. The van der Waals surface area contributed by atoms with Crippen LogP contribution in [0.1, 0.15) is 30.9 Å². The molecule has 1 N–H and O–H groups in total. The lowest BCUT2D eigenvalue weighted by Crippen LogP contribution is -2.50. The predicted octanol–water partition coefficient (Wildman–Crippen LogP) is 8.06. The molecule has 8 nitrogen and oxygen atoms in total. The number of sulfone groups is 1. The van der Waals surface area contributed by atoms with E-state index < -0.39 is 15.4 Å². The van der Waals surface area contributed by atoms with Gasteiger partial charge in [0.05, 0.1) is 33.5 Å². The largest absolute Gasteiger partial charge is 0.489 e. The molecule has 0 saturated heterocycles. The lowest BCUT2D eigenvalue weighted by Gasteiger charge is -2.42. The molecule has 0 radical (unpaired) electrons. The van der Waals surface area contributed by atoms with E-state index in [9.17, 15) is 12.8 Å². The van der Waals surface area contributed by atoms with E-state index in [-0.39, 0.29) is 24.2 Å². The first-order valence-corrected chi connectivity index (χ1v) is 17.7. The highest BCUT2D eigenvalue weighted by molar-refractivity contribution is 7.91. The molecule has 1 aliphatic rings. The summed E-state index contributed by atoms with van der Waals surface area (Å²) in [7, 11) is -1.50. The van der Waals surface area contributed by atoms with Crippen LogP contribution in [-0.2, 0) is 26.8 Å². The van der Waals surface area contributed by atoms with Gasteiger partial charge in [0, 0.05) is 24.0 Å². The van der Waals surface area contributed by atoms with Crippen molar-refractivity contribution in [3.05, 3.63) is 132 Å². The van der Waals surface area contributed by atoms with Crippen molar-refractivity contribution in [2.45, 2.75) is 42.9 Å². The number of aromatic nitrogens is 2. The number of anilines is 2. The lowest BCUT2D eigenvalue weighted by molar-refractivity contribution is -0.0397. The van der Waals surface area contributed by atoms with E-state index in [0.717, 1.165) is 22.9 Å². The van der Waals surface area contributed by atoms with Crippen LogP contribution >= 0.6 is 11.6 Å². The van der Waals surface area contributed by atoms with Gasteiger partial charge in [-0.25, -0.2) is 22.8 Å². The Balaban J connectivity index is 1.23. The first-order valence-electron chi connectivity index (χ1n) is 15.7. The molecule has 48 heavy (non-hydrogen) atoms. The normalized spacial score (nSPS) is 16.6. The fraction of sp³-hybridized carbons (Fsp3) is 0.243. The van der Waals surface area contributed by atoms with Crippen molar-refractivity contribution in [3.8, 4) is 5.75 Å².